The number of hydrogen-bond donors (Lipinski definition) is 1. The molecule has 1 saturated heterocycles. The topological polar surface area (TPSA) is 46.3 Å². The lowest BCUT2D eigenvalue weighted by Crippen LogP contribution is -2.36. The van der Waals surface area contributed by atoms with Crippen LogP contribution >= 0.6 is 0 Å². The fourth-order valence-corrected chi connectivity index (χ4v) is 2.99. The molecule has 1 heterocycles. The van der Waals surface area contributed by atoms with Crippen molar-refractivity contribution in [2.75, 3.05) is 19.6 Å². The Morgan fingerprint density at radius 3 is 3.07 bits per heavy atom. The van der Waals surface area contributed by atoms with E-state index in [1.165, 1.54) is 12.8 Å². The van der Waals surface area contributed by atoms with Crippen molar-refractivity contribution in [2.24, 2.45) is 17.1 Å². The molecule has 1 aliphatic carbocycles. The number of nitrogens with zero attached hydrogens (tertiary/aromatic N) is 1. The van der Waals surface area contributed by atoms with Gasteiger partial charge in [0.05, 0.1) is 0 Å². The summed E-state index contributed by atoms with van der Waals surface area (Å²) >= 11 is 0. The monoisotopic (exact) mass is 192 g/mol. The van der Waals surface area contributed by atoms with Crippen LogP contribution in [0.25, 0.3) is 0 Å². The smallest absolute Gasteiger partial charge is 0.298 e. The Kier molecular flexibility index (Phi) is 2.24. The van der Waals surface area contributed by atoms with Crippen LogP contribution in [0.1, 0.15) is 19.3 Å². The quantitative estimate of drug-likeness (QED) is 0.604. The van der Waals surface area contributed by atoms with E-state index in [0.717, 1.165) is 19.5 Å². The van der Waals surface area contributed by atoms with Crippen LogP contribution < -0.4 is 5.73 Å². The van der Waals surface area contributed by atoms with E-state index >= 15 is 0 Å². The van der Waals surface area contributed by atoms with Gasteiger partial charge in [0.15, 0.2) is 0 Å². The van der Waals surface area contributed by atoms with Crippen LogP contribution in [0.4, 0.5) is 0 Å². The van der Waals surface area contributed by atoms with Gasteiger partial charge in [-0.05, 0) is 31.2 Å². The van der Waals surface area contributed by atoms with Crippen molar-refractivity contribution < 1.29 is 4.79 Å². The number of carbonyl (C=O) groups excluding carboxylic acids is 1. The first-order valence-corrected chi connectivity index (χ1v) is 5.17. The third kappa shape index (κ3) is 1.22. The fraction of sp³-hybridized carbons (Fsp3) is 0.727. The molecule has 0 aromatic carbocycles. The largest absolute Gasteiger partial charge is 0.331 e. The second-order valence-corrected chi connectivity index (χ2v) is 4.49. The van der Waals surface area contributed by atoms with Crippen LogP contribution in [-0.2, 0) is 4.79 Å². The van der Waals surface area contributed by atoms with Gasteiger partial charge in [0.25, 0.3) is 5.91 Å². The molecule has 0 unspecified atom stereocenters. The second kappa shape index (κ2) is 3.29. The molecule has 1 saturated carbocycles. The Morgan fingerprint density at radius 1 is 1.71 bits per heavy atom. The lowest BCUT2D eigenvalue weighted by molar-refractivity contribution is -0.124. The molecule has 2 N–H and O–H groups in total. The molecule has 1 amide bonds. The Morgan fingerprint density at radius 2 is 2.50 bits per heavy atom. The average molecular weight is 192 g/mol. The van der Waals surface area contributed by atoms with Gasteiger partial charge in [0.1, 0.15) is 0 Å². The zero-order valence-electron chi connectivity index (χ0n) is 8.33. The van der Waals surface area contributed by atoms with Crippen molar-refractivity contribution >= 4 is 5.91 Å². The van der Waals surface area contributed by atoms with Crippen molar-refractivity contribution in [1.82, 2.24) is 4.90 Å². The first-order valence-electron chi connectivity index (χ1n) is 5.17. The molecule has 2 atom stereocenters. The van der Waals surface area contributed by atoms with Gasteiger partial charge < -0.3 is 10.6 Å². The summed E-state index contributed by atoms with van der Waals surface area (Å²) in [6.45, 7) is 2.28. The van der Waals surface area contributed by atoms with E-state index in [9.17, 15) is 4.79 Å². The number of rotatable bonds is 1. The molecule has 2 rings (SSSR count). The summed E-state index contributed by atoms with van der Waals surface area (Å²) in [5.41, 5.74) is 6.01. The van der Waals surface area contributed by atoms with Gasteiger partial charge in [0.2, 0.25) is 0 Å². The van der Waals surface area contributed by atoms with E-state index in [4.69, 9.17) is 12.2 Å². The highest BCUT2D eigenvalue weighted by atomic mass is 16.2. The fourth-order valence-electron chi connectivity index (χ4n) is 2.99. The summed E-state index contributed by atoms with van der Waals surface area (Å²) in [6, 6.07) is 0. The van der Waals surface area contributed by atoms with Crippen LogP contribution in [0.3, 0.4) is 0 Å². The summed E-state index contributed by atoms with van der Waals surface area (Å²) in [4.78, 5) is 13.1. The summed E-state index contributed by atoms with van der Waals surface area (Å²) in [6.07, 6.45) is 8.72. The first kappa shape index (κ1) is 9.54. The van der Waals surface area contributed by atoms with Gasteiger partial charge in [-0.3, -0.25) is 4.79 Å². The maximum absolute atomic E-state index is 11.4. The molecule has 3 heteroatoms. The van der Waals surface area contributed by atoms with E-state index in [1.807, 2.05) is 0 Å². The minimum Gasteiger partial charge on any atom is -0.331 e. The molecule has 2 aliphatic rings. The van der Waals surface area contributed by atoms with E-state index in [0.29, 0.717) is 12.5 Å². The standard InChI is InChI=1S/C11H16N2O/c1-2-10(14)13-6-9-4-3-5-11(9,7-12)8-13/h1,9H,3-8,12H2/t9-,11-/m0/s1. The minimum atomic E-state index is -0.174. The van der Waals surface area contributed by atoms with E-state index in [-0.39, 0.29) is 11.3 Å². The molecule has 0 aromatic rings. The molecule has 1 aliphatic heterocycles. The highest BCUT2D eigenvalue weighted by Crippen LogP contribution is 2.47. The molecular weight excluding hydrogens is 176 g/mol. The van der Waals surface area contributed by atoms with Gasteiger partial charge >= 0.3 is 0 Å². The molecule has 76 valence electrons. The van der Waals surface area contributed by atoms with Crippen LogP contribution in [0.5, 0.6) is 0 Å². The molecule has 14 heavy (non-hydrogen) atoms. The Bertz CT molecular complexity index is 294. The van der Waals surface area contributed by atoms with Crippen LogP contribution in [-0.4, -0.2) is 30.4 Å². The minimum absolute atomic E-state index is 0.174. The number of nitrogens with two attached hydrogens (primary N) is 1. The summed E-state index contributed by atoms with van der Waals surface area (Å²) < 4.78 is 0. The van der Waals surface area contributed by atoms with Crippen LogP contribution in [0.15, 0.2) is 0 Å². The molecular formula is C11H16N2O. The average Bonchev–Trinajstić information content (AvgIpc) is 2.72. The zero-order valence-corrected chi connectivity index (χ0v) is 8.33. The summed E-state index contributed by atoms with van der Waals surface area (Å²) in [5.74, 6) is 2.60. The van der Waals surface area contributed by atoms with Gasteiger partial charge in [-0.2, -0.15) is 0 Å². The highest BCUT2D eigenvalue weighted by molar-refractivity contribution is 5.93. The summed E-state index contributed by atoms with van der Waals surface area (Å²) in [7, 11) is 0. The number of likely N-dealkylation sites (tertiary alicyclic amines) is 1. The molecule has 3 nitrogen and oxygen atoms in total. The molecule has 0 aromatic heterocycles. The second-order valence-electron chi connectivity index (χ2n) is 4.49. The normalized spacial score (nSPS) is 35.4. The van der Waals surface area contributed by atoms with E-state index in [1.54, 1.807) is 4.90 Å². The third-order valence-electron chi connectivity index (χ3n) is 3.86. The van der Waals surface area contributed by atoms with Gasteiger partial charge in [-0.1, -0.05) is 6.42 Å². The van der Waals surface area contributed by atoms with E-state index in [2.05, 4.69) is 5.92 Å². The maximum atomic E-state index is 11.4. The van der Waals surface area contributed by atoms with Gasteiger partial charge in [0, 0.05) is 18.5 Å². The molecule has 0 spiro atoms. The predicted octanol–water partition coefficient (Wildman–Crippen LogP) is 0.207. The van der Waals surface area contributed by atoms with Crippen LogP contribution in [0.2, 0.25) is 0 Å². The number of hydrogen-bond acceptors (Lipinski definition) is 2. The number of terminal acetylenes is 1. The molecule has 2 fully saturated rings. The highest BCUT2D eigenvalue weighted by Gasteiger charge is 2.49. The van der Waals surface area contributed by atoms with Crippen molar-refractivity contribution in [3.05, 3.63) is 0 Å². The Balaban J connectivity index is 2.13. The Labute approximate surface area is 84.6 Å². The van der Waals surface area contributed by atoms with Crippen LogP contribution in [0, 0.1) is 23.7 Å². The SMILES string of the molecule is C#CC(=O)N1C[C@@H]2CCC[C@]2(CN)C1. The zero-order chi connectivity index (χ0) is 10.2. The predicted molar refractivity (Wildman–Crippen MR) is 54.2 cm³/mol. The van der Waals surface area contributed by atoms with Crippen molar-refractivity contribution in [2.45, 2.75) is 19.3 Å². The summed E-state index contributed by atoms with van der Waals surface area (Å²) in [5, 5.41) is 0. The third-order valence-corrected chi connectivity index (χ3v) is 3.86. The van der Waals surface area contributed by atoms with Crippen molar-refractivity contribution in [3.63, 3.8) is 0 Å². The lowest BCUT2D eigenvalue weighted by atomic mass is 9.81. The number of amides is 1. The van der Waals surface area contributed by atoms with Crippen molar-refractivity contribution in [3.8, 4) is 12.3 Å². The van der Waals surface area contributed by atoms with Gasteiger partial charge in [-0.15, -0.1) is 6.42 Å². The van der Waals surface area contributed by atoms with Gasteiger partial charge in [-0.25, -0.2) is 0 Å². The lowest BCUT2D eigenvalue weighted by Gasteiger charge is -2.26. The number of fused-ring (bicyclic) bond motifs is 1. The van der Waals surface area contributed by atoms with Crippen molar-refractivity contribution in [1.29, 1.82) is 0 Å². The number of carbonyl (C=O) groups is 1. The first-order chi connectivity index (χ1) is 6.72. The molecule has 0 radical (unpaired) electrons. The molecule has 0 bridgehead atoms. The maximum Gasteiger partial charge on any atom is 0.298 e. The Hall–Kier alpha value is -1.01. The van der Waals surface area contributed by atoms with E-state index < -0.39 is 0 Å².